The van der Waals surface area contributed by atoms with Gasteiger partial charge in [-0.1, -0.05) is 64.8 Å². The zero-order valence-corrected chi connectivity index (χ0v) is 18.0. The van der Waals surface area contributed by atoms with Gasteiger partial charge in [0, 0.05) is 11.8 Å². The van der Waals surface area contributed by atoms with Crippen molar-refractivity contribution in [2.45, 2.75) is 74.3 Å². The lowest BCUT2D eigenvalue weighted by Gasteiger charge is -2.15. The van der Waals surface area contributed by atoms with E-state index in [1.54, 1.807) is 0 Å². The molecule has 0 unspecified atom stereocenters. The van der Waals surface area contributed by atoms with Gasteiger partial charge in [0.25, 0.3) is 0 Å². The van der Waals surface area contributed by atoms with E-state index in [9.17, 15) is 0 Å². The molecule has 2 nitrogen and oxygen atoms in total. The van der Waals surface area contributed by atoms with Crippen LogP contribution in [0.15, 0.2) is 47.5 Å². The largest absolute Gasteiger partial charge is 0.490 e. The van der Waals surface area contributed by atoms with Crippen molar-refractivity contribution in [3.63, 3.8) is 0 Å². The number of hydrogen-bond acceptors (Lipinski definition) is 2. The first-order valence-corrected chi connectivity index (χ1v) is 9.84. The molecule has 0 saturated carbocycles. The molecule has 0 bridgehead atoms. The molecule has 2 aromatic carbocycles. The van der Waals surface area contributed by atoms with E-state index >= 15 is 0 Å². The summed E-state index contributed by atoms with van der Waals surface area (Å²) in [6, 6.07) is 14.2. The van der Waals surface area contributed by atoms with E-state index in [4.69, 9.17) is 4.74 Å². The molecule has 0 aromatic heterocycles. The maximum Gasteiger partial charge on any atom is 0.131 e. The minimum atomic E-state index is 0.153. The Balaban J connectivity index is 0.000000920. The van der Waals surface area contributed by atoms with Gasteiger partial charge in [-0.15, -0.1) is 0 Å². The lowest BCUT2D eigenvalue weighted by Crippen LogP contribution is -2.09. The van der Waals surface area contributed by atoms with E-state index in [1.807, 2.05) is 64.2 Å². The summed E-state index contributed by atoms with van der Waals surface area (Å²) < 4.78 is 5.93. The molecule has 2 aromatic rings. The average Bonchev–Trinajstić information content (AvgIpc) is 2.65. The van der Waals surface area contributed by atoms with Crippen LogP contribution in [0, 0.1) is 13.8 Å². The highest BCUT2D eigenvalue weighted by molar-refractivity contribution is 5.86. The monoisotopic (exact) mass is 355 g/mol. The number of benzene rings is 2. The normalized spacial score (nSPS) is 10.0. The molecule has 0 N–H and O–H groups in total. The van der Waals surface area contributed by atoms with Gasteiger partial charge in [0.15, 0.2) is 0 Å². The summed E-state index contributed by atoms with van der Waals surface area (Å²) in [6.07, 6.45) is 4.67. The van der Waals surface area contributed by atoms with Gasteiger partial charge in [0.05, 0.1) is 11.8 Å². The Hall–Kier alpha value is -2.09. The van der Waals surface area contributed by atoms with Crippen molar-refractivity contribution in [1.82, 2.24) is 0 Å². The molecule has 0 amide bonds. The van der Waals surface area contributed by atoms with Crippen LogP contribution in [0.3, 0.4) is 0 Å². The number of aliphatic imine (C=N–C) groups is 1. The van der Waals surface area contributed by atoms with Crippen LogP contribution in [0.1, 0.15) is 71.1 Å². The van der Waals surface area contributed by atoms with E-state index in [-0.39, 0.29) is 6.10 Å². The van der Waals surface area contributed by atoms with Gasteiger partial charge >= 0.3 is 0 Å². The van der Waals surface area contributed by atoms with Crippen molar-refractivity contribution in [2.75, 3.05) is 0 Å². The van der Waals surface area contributed by atoms with Crippen LogP contribution >= 0.6 is 0 Å². The van der Waals surface area contributed by atoms with Gasteiger partial charge in [0.1, 0.15) is 5.75 Å². The number of nitrogens with zero attached hydrogens (tertiary/aromatic N) is 1. The third-order valence-electron chi connectivity index (χ3n) is 3.41. The molecular weight excluding hydrogens is 318 g/mol. The van der Waals surface area contributed by atoms with E-state index < -0.39 is 0 Å². The SMILES string of the molecule is CC.CCCC.Cc1cc(C)c(OC(C)C)c(C=Nc2ccccc2)c1. The van der Waals surface area contributed by atoms with Crippen molar-refractivity contribution in [3.05, 3.63) is 59.2 Å². The van der Waals surface area contributed by atoms with Crippen LogP contribution in [0.5, 0.6) is 5.75 Å². The first-order chi connectivity index (χ1) is 12.5. The molecule has 0 radical (unpaired) electrons. The molecule has 0 aliphatic rings. The van der Waals surface area contributed by atoms with Crippen molar-refractivity contribution < 1.29 is 4.74 Å². The summed E-state index contributed by atoms with van der Waals surface area (Å²) in [5.41, 5.74) is 4.34. The summed E-state index contributed by atoms with van der Waals surface area (Å²) in [4.78, 5) is 4.52. The van der Waals surface area contributed by atoms with Crippen LogP contribution in [-0.4, -0.2) is 12.3 Å². The van der Waals surface area contributed by atoms with E-state index in [0.29, 0.717) is 0 Å². The summed E-state index contributed by atoms with van der Waals surface area (Å²) in [7, 11) is 0. The molecule has 2 heteroatoms. The number of aryl methyl sites for hydroxylation is 2. The Morgan fingerprint density at radius 1 is 0.962 bits per heavy atom. The van der Waals surface area contributed by atoms with Crippen LogP contribution < -0.4 is 4.74 Å². The highest BCUT2D eigenvalue weighted by atomic mass is 16.5. The van der Waals surface area contributed by atoms with Crippen molar-refractivity contribution in [1.29, 1.82) is 0 Å². The smallest absolute Gasteiger partial charge is 0.131 e. The second-order valence-corrected chi connectivity index (χ2v) is 6.26. The van der Waals surface area contributed by atoms with Crippen LogP contribution in [0.4, 0.5) is 5.69 Å². The first-order valence-electron chi connectivity index (χ1n) is 9.84. The predicted molar refractivity (Wildman–Crippen MR) is 117 cm³/mol. The Labute approximate surface area is 161 Å². The van der Waals surface area contributed by atoms with Gasteiger partial charge in [0.2, 0.25) is 0 Å². The van der Waals surface area contributed by atoms with E-state index in [2.05, 4.69) is 44.8 Å². The molecule has 0 aliphatic carbocycles. The molecule has 0 heterocycles. The quantitative estimate of drug-likeness (QED) is 0.504. The van der Waals surface area contributed by atoms with Crippen LogP contribution in [0.2, 0.25) is 0 Å². The molecule has 26 heavy (non-hydrogen) atoms. The highest BCUT2D eigenvalue weighted by Crippen LogP contribution is 2.26. The summed E-state index contributed by atoms with van der Waals surface area (Å²) in [5, 5.41) is 0. The highest BCUT2D eigenvalue weighted by Gasteiger charge is 2.08. The van der Waals surface area contributed by atoms with Gasteiger partial charge in [-0.3, -0.25) is 4.99 Å². The second-order valence-electron chi connectivity index (χ2n) is 6.26. The molecule has 0 atom stereocenters. The van der Waals surface area contributed by atoms with Crippen molar-refractivity contribution >= 4 is 11.9 Å². The van der Waals surface area contributed by atoms with Gasteiger partial charge in [-0.2, -0.15) is 0 Å². The minimum absolute atomic E-state index is 0.153. The Kier molecular flexibility index (Phi) is 13.0. The summed E-state index contributed by atoms with van der Waals surface area (Å²) in [6.45, 7) is 16.6. The number of unbranched alkanes of at least 4 members (excludes halogenated alkanes) is 1. The average molecular weight is 356 g/mol. The molecule has 0 fully saturated rings. The van der Waals surface area contributed by atoms with Crippen LogP contribution in [0.25, 0.3) is 0 Å². The fraction of sp³-hybridized carbons (Fsp3) is 0.458. The fourth-order valence-corrected chi connectivity index (χ4v) is 2.14. The topological polar surface area (TPSA) is 21.6 Å². The van der Waals surface area contributed by atoms with Crippen molar-refractivity contribution in [2.24, 2.45) is 4.99 Å². The Morgan fingerprint density at radius 3 is 2.04 bits per heavy atom. The van der Waals surface area contributed by atoms with Gasteiger partial charge in [-0.05, 0) is 57.0 Å². The zero-order valence-electron chi connectivity index (χ0n) is 18.0. The lowest BCUT2D eigenvalue weighted by atomic mass is 10.1. The van der Waals surface area contributed by atoms with Crippen LogP contribution in [-0.2, 0) is 0 Å². The number of ether oxygens (including phenoxy) is 1. The molecule has 0 aliphatic heterocycles. The number of hydrogen-bond donors (Lipinski definition) is 0. The summed E-state index contributed by atoms with van der Waals surface area (Å²) in [5.74, 6) is 0.922. The third-order valence-corrected chi connectivity index (χ3v) is 3.41. The second kappa shape index (κ2) is 14.1. The Morgan fingerprint density at radius 2 is 1.54 bits per heavy atom. The standard InChI is InChI=1S/C18H21NO.C4H10.C2H6/c1-13(2)20-18-15(4)10-14(3)11-16(18)12-19-17-8-6-5-7-9-17;1-3-4-2;1-2/h5-13H,1-4H3;3-4H2,1-2H3;1-2H3. The first kappa shape index (κ1) is 23.9. The lowest BCUT2D eigenvalue weighted by molar-refractivity contribution is 0.240. The predicted octanol–water partition coefficient (Wildman–Crippen LogP) is 7.67. The van der Waals surface area contributed by atoms with E-state index in [1.165, 1.54) is 18.4 Å². The van der Waals surface area contributed by atoms with Gasteiger partial charge < -0.3 is 4.74 Å². The molecule has 2 rings (SSSR count). The fourth-order valence-electron chi connectivity index (χ4n) is 2.14. The summed E-state index contributed by atoms with van der Waals surface area (Å²) >= 11 is 0. The minimum Gasteiger partial charge on any atom is -0.490 e. The molecule has 144 valence electrons. The maximum atomic E-state index is 5.93. The Bertz CT molecular complexity index is 628. The third kappa shape index (κ3) is 9.41. The van der Waals surface area contributed by atoms with Gasteiger partial charge in [-0.25, -0.2) is 0 Å². The zero-order chi connectivity index (χ0) is 19.9. The number of para-hydroxylation sites is 1. The molecular formula is C24H37NO. The molecule has 0 saturated heterocycles. The number of rotatable bonds is 5. The maximum absolute atomic E-state index is 5.93. The van der Waals surface area contributed by atoms with Crippen molar-refractivity contribution in [3.8, 4) is 5.75 Å². The molecule has 0 spiro atoms. The van der Waals surface area contributed by atoms with E-state index in [0.717, 1.165) is 22.6 Å².